The number of benzene rings is 2. The Hall–Kier alpha value is -1.88. The lowest BCUT2D eigenvalue weighted by molar-refractivity contribution is 0.452. The molecule has 0 spiro atoms. The molecular formula is C20H24BrFN2O. The minimum atomic E-state index is -0.337. The molecule has 0 atom stereocenters. The Bertz CT molecular complexity index is 741. The van der Waals surface area contributed by atoms with Crippen molar-refractivity contribution in [1.82, 2.24) is 4.90 Å². The van der Waals surface area contributed by atoms with E-state index >= 15 is 0 Å². The zero-order valence-electron chi connectivity index (χ0n) is 15.1. The summed E-state index contributed by atoms with van der Waals surface area (Å²) in [6, 6.07) is 8.45. The molecule has 0 aliphatic carbocycles. The van der Waals surface area contributed by atoms with Crippen molar-refractivity contribution in [2.24, 2.45) is 4.99 Å². The van der Waals surface area contributed by atoms with Crippen molar-refractivity contribution in [2.45, 2.75) is 34.1 Å². The average molecular weight is 407 g/mol. The maximum Gasteiger partial charge on any atom is 0.131 e. The van der Waals surface area contributed by atoms with Gasteiger partial charge in [-0.2, -0.15) is 0 Å². The molecular weight excluding hydrogens is 383 g/mol. The topological polar surface area (TPSA) is 24.8 Å². The molecule has 0 bridgehead atoms. The first-order chi connectivity index (χ1) is 11.9. The summed E-state index contributed by atoms with van der Waals surface area (Å²) < 4.78 is 20.0. The number of aliphatic imine (C=N–C) groups is 1. The van der Waals surface area contributed by atoms with Gasteiger partial charge in [-0.05, 0) is 62.6 Å². The van der Waals surface area contributed by atoms with E-state index in [9.17, 15) is 4.39 Å². The van der Waals surface area contributed by atoms with Crippen molar-refractivity contribution in [2.75, 3.05) is 13.1 Å². The quantitative estimate of drug-likeness (QED) is 0.393. The number of nitrogens with zero attached hydrogens (tertiary/aromatic N) is 2. The van der Waals surface area contributed by atoms with Crippen LogP contribution in [-0.2, 0) is 0 Å². The molecule has 0 aromatic heterocycles. The molecule has 0 unspecified atom stereocenters. The standard InChI is InChI=1S/C20H24BrFN2O/c1-5-7-24(6-2)13-23-19-8-15(4)20(9-14(19)3)25-18-11-16(21)10-17(22)12-18/h8-13H,5-7H2,1-4H3. The van der Waals surface area contributed by atoms with E-state index in [0.29, 0.717) is 16.0 Å². The maximum absolute atomic E-state index is 13.5. The summed E-state index contributed by atoms with van der Waals surface area (Å²) in [6.07, 6.45) is 2.99. The molecule has 3 nitrogen and oxygen atoms in total. The van der Waals surface area contributed by atoms with E-state index < -0.39 is 0 Å². The number of hydrogen-bond acceptors (Lipinski definition) is 2. The third kappa shape index (κ3) is 5.56. The number of rotatable bonds is 7. The van der Waals surface area contributed by atoms with Gasteiger partial charge >= 0.3 is 0 Å². The van der Waals surface area contributed by atoms with E-state index in [4.69, 9.17) is 4.74 Å². The van der Waals surface area contributed by atoms with E-state index in [-0.39, 0.29) is 5.82 Å². The predicted octanol–water partition coefficient (Wildman–Crippen LogP) is 6.39. The van der Waals surface area contributed by atoms with Crippen LogP contribution in [0.15, 0.2) is 39.8 Å². The molecule has 0 aliphatic rings. The SMILES string of the molecule is CCCN(C=Nc1cc(C)c(Oc2cc(F)cc(Br)c2)cc1C)CC. The van der Waals surface area contributed by atoms with Gasteiger partial charge in [0.2, 0.25) is 0 Å². The highest BCUT2D eigenvalue weighted by atomic mass is 79.9. The first-order valence-electron chi connectivity index (χ1n) is 8.46. The lowest BCUT2D eigenvalue weighted by Gasteiger charge is -2.16. The molecule has 2 aromatic rings. The normalized spacial score (nSPS) is 11.1. The average Bonchev–Trinajstić information content (AvgIpc) is 2.54. The van der Waals surface area contributed by atoms with Crippen molar-refractivity contribution < 1.29 is 9.13 Å². The van der Waals surface area contributed by atoms with Crippen molar-refractivity contribution in [1.29, 1.82) is 0 Å². The molecule has 0 fully saturated rings. The van der Waals surface area contributed by atoms with E-state index in [2.05, 4.69) is 39.7 Å². The third-order valence-corrected chi connectivity index (χ3v) is 4.29. The molecule has 0 aliphatic heterocycles. The van der Waals surface area contributed by atoms with E-state index in [0.717, 1.165) is 36.3 Å². The molecule has 0 radical (unpaired) electrons. The molecule has 0 amide bonds. The Balaban J connectivity index is 2.23. The smallest absolute Gasteiger partial charge is 0.131 e. The van der Waals surface area contributed by atoms with Crippen LogP contribution in [0.4, 0.5) is 10.1 Å². The second kappa shape index (κ2) is 8.99. The lowest BCUT2D eigenvalue weighted by Crippen LogP contribution is -2.21. The van der Waals surface area contributed by atoms with Gasteiger partial charge in [-0.25, -0.2) is 9.38 Å². The van der Waals surface area contributed by atoms with E-state index in [1.165, 1.54) is 12.1 Å². The summed E-state index contributed by atoms with van der Waals surface area (Å²) in [5.74, 6) is 0.830. The molecule has 2 aromatic carbocycles. The molecule has 5 heteroatoms. The minimum Gasteiger partial charge on any atom is -0.457 e. The highest BCUT2D eigenvalue weighted by Crippen LogP contribution is 2.32. The zero-order valence-corrected chi connectivity index (χ0v) is 16.7. The Kier molecular flexibility index (Phi) is 7.00. The lowest BCUT2D eigenvalue weighted by atomic mass is 10.1. The first kappa shape index (κ1) is 19.4. The number of halogens is 2. The van der Waals surface area contributed by atoms with Gasteiger partial charge in [-0.15, -0.1) is 0 Å². The molecule has 0 saturated carbocycles. The summed E-state index contributed by atoms with van der Waals surface area (Å²) in [5.41, 5.74) is 2.89. The van der Waals surface area contributed by atoms with Crippen LogP contribution in [-0.4, -0.2) is 24.3 Å². The summed E-state index contributed by atoms with van der Waals surface area (Å²) in [5, 5.41) is 0. The van der Waals surface area contributed by atoms with Gasteiger partial charge in [0.05, 0.1) is 12.0 Å². The summed E-state index contributed by atoms with van der Waals surface area (Å²) in [6.45, 7) is 10.2. The van der Waals surface area contributed by atoms with Crippen LogP contribution in [0.2, 0.25) is 0 Å². The van der Waals surface area contributed by atoms with Crippen molar-refractivity contribution in [3.8, 4) is 11.5 Å². The van der Waals surface area contributed by atoms with Crippen LogP contribution < -0.4 is 4.74 Å². The Morgan fingerprint density at radius 2 is 1.88 bits per heavy atom. The summed E-state index contributed by atoms with van der Waals surface area (Å²) in [7, 11) is 0. The second-order valence-corrected chi connectivity index (χ2v) is 6.90. The second-order valence-electron chi connectivity index (χ2n) is 5.98. The van der Waals surface area contributed by atoms with Crippen molar-refractivity contribution >= 4 is 28.0 Å². The number of hydrogen-bond donors (Lipinski definition) is 0. The largest absolute Gasteiger partial charge is 0.457 e. The Morgan fingerprint density at radius 3 is 2.52 bits per heavy atom. The van der Waals surface area contributed by atoms with Crippen LogP contribution in [0.1, 0.15) is 31.4 Å². The molecule has 0 N–H and O–H groups in total. The van der Waals surface area contributed by atoms with Gasteiger partial charge in [0.15, 0.2) is 0 Å². The minimum absolute atomic E-state index is 0.337. The van der Waals surface area contributed by atoms with Gasteiger partial charge < -0.3 is 9.64 Å². The van der Waals surface area contributed by atoms with E-state index in [1.54, 1.807) is 6.07 Å². The van der Waals surface area contributed by atoms with Crippen molar-refractivity contribution in [3.63, 3.8) is 0 Å². The first-order valence-corrected chi connectivity index (χ1v) is 9.25. The van der Waals surface area contributed by atoms with Gasteiger partial charge in [0, 0.05) is 23.6 Å². The van der Waals surface area contributed by atoms with Crippen LogP contribution in [0.25, 0.3) is 0 Å². The number of aryl methyl sites for hydroxylation is 2. The zero-order chi connectivity index (χ0) is 18.4. The van der Waals surface area contributed by atoms with Crippen LogP contribution in [0.3, 0.4) is 0 Å². The summed E-state index contributed by atoms with van der Waals surface area (Å²) >= 11 is 3.28. The molecule has 2 rings (SSSR count). The van der Waals surface area contributed by atoms with Gasteiger partial charge in [-0.3, -0.25) is 0 Å². The number of ether oxygens (including phenoxy) is 1. The predicted molar refractivity (Wildman–Crippen MR) is 106 cm³/mol. The van der Waals surface area contributed by atoms with Crippen LogP contribution in [0.5, 0.6) is 11.5 Å². The van der Waals surface area contributed by atoms with E-state index in [1.807, 2.05) is 32.3 Å². The summed E-state index contributed by atoms with van der Waals surface area (Å²) in [4.78, 5) is 6.79. The molecule has 134 valence electrons. The highest BCUT2D eigenvalue weighted by Gasteiger charge is 2.08. The van der Waals surface area contributed by atoms with Crippen LogP contribution >= 0.6 is 15.9 Å². The maximum atomic E-state index is 13.5. The third-order valence-electron chi connectivity index (χ3n) is 3.83. The highest BCUT2D eigenvalue weighted by molar-refractivity contribution is 9.10. The fourth-order valence-electron chi connectivity index (χ4n) is 2.47. The van der Waals surface area contributed by atoms with Gasteiger partial charge in [0.1, 0.15) is 17.3 Å². The van der Waals surface area contributed by atoms with Crippen LogP contribution in [0, 0.1) is 19.7 Å². The molecule has 0 heterocycles. The Morgan fingerprint density at radius 1 is 1.12 bits per heavy atom. The van der Waals surface area contributed by atoms with Crippen molar-refractivity contribution in [3.05, 3.63) is 51.7 Å². The van der Waals surface area contributed by atoms with Gasteiger partial charge in [-0.1, -0.05) is 22.9 Å². The fourth-order valence-corrected chi connectivity index (χ4v) is 2.91. The monoisotopic (exact) mass is 406 g/mol. The Labute approximate surface area is 157 Å². The molecule has 0 saturated heterocycles. The van der Waals surface area contributed by atoms with Gasteiger partial charge in [0.25, 0.3) is 0 Å². The fraction of sp³-hybridized carbons (Fsp3) is 0.350. The molecule has 25 heavy (non-hydrogen) atoms.